The Kier molecular flexibility index (Phi) is 3.26. The number of benzene rings is 1. The number of hydrogen-bond acceptors (Lipinski definition) is 4. The van der Waals surface area contributed by atoms with Gasteiger partial charge < -0.3 is 10.2 Å². The Hall–Kier alpha value is -1.75. The second kappa shape index (κ2) is 4.85. The quantitative estimate of drug-likeness (QED) is 0.845. The minimum atomic E-state index is -0.265. The molecule has 0 aliphatic rings. The molecular weight excluding hydrogens is 209 g/mol. The van der Waals surface area contributed by atoms with Gasteiger partial charge in [0.05, 0.1) is 6.42 Å². The van der Waals surface area contributed by atoms with E-state index in [2.05, 4.69) is 10.2 Å². The second-order valence-corrected chi connectivity index (χ2v) is 3.43. The van der Waals surface area contributed by atoms with Crippen molar-refractivity contribution in [3.8, 4) is 0 Å². The van der Waals surface area contributed by atoms with Crippen molar-refractivity contribution in [3.63, 3.8) is 0 Å². The van der Waals surface area contributed by atoms with Crippen molar-refractivity contribution in [2.45, 2.75) is 12.8 Å². The Labute approximate surface area is 92.3 Å². The highest BCUT2D eigenvalue weighted by molar-refractivity contribution is 5.19. The van der Waals surface area contributed by atoms with Gasteiger partial charge in [-0.2, -0.15) is 0 Å². The molecule has 1 aromatic carbocycles. The Balaban J connectivity index is 2.08. The molecule has 0 saturated heterocycles. The first-order valence-electron chi connectivity index (χ1n) is 5.03. The lowest BCUT2D eigenvalue weighted by Gasteiger charge is -1.96. The van der Waals surface area contributed by atoms with E-state index in [1.807, 2.05) is 6.07 Å². The SMILES string of the molecule is NCCc1nnc(Cc2cccc(F)c2)o1. The highest BCUT2D eigenvalue weighted by Crippen LogP contribution is 2.10. The molecule has 0 spiro atoms. The summed E-state index contributed by atoms with van der Waals surface area (Å²) in [5.74, 6) is 0.738. The van der Waals surface area contributed by atoms with Crippen LogP contribution in [0.1, 0.15) is 17.3 Å². The zero-order valence-electron chi connectivity index (χ0n) is 8.69. The molecule has 1 aromatic heterocycles. The van der Waals surface area contributed by atoms with Crippen LogP contribution in [0.5, 0.6) is 0 Å². The van der Waals surface area contributed by atoms with Crippen LogP contribution in [-0.4, -0.2) is 16.7 Å². The van der Waals surface area contributed by atoms with Gasteiger partial charge in [-0.1, -0.05) is 12.1 Å². The monoisotopic (exact) mass is 221 g/mol. The lowest BCUT2D eigenvalue weighted by molar-refractivity contribution is 0.458. The minimum absolute atomic E-state index is 0.265. The zero-order chi connectivity index (χ0) is 11.4. The number of halogens is 1. The lowest BCUT2D eigenvalue weighted by atomic mass is 10.1. The summed E-state index contributed by atoms with van der Waals surface area (Å²) in [6.07, 6.45) is 1.01. The molecule has 0 fully saturated rings. The fourth-order valence-electron chi connectivity index (χ4n) is 1.41. The van der Waals surface area contributed by atoms with Crippen LogP contribution < -0.4 is 5.73 Å². The zero-order valence-corrected chi connectivity index (χ0v) is 8.69. The normalized spacial score (nSPS) is 10.6. The highest BCUT2D eigenvalue weighted by atomic mass is 19.1. The van der Waals surface area contributed by atoms with Gasteiger partial charge in [-0.05, 0) is 17.7 Å². The largest absolute Gasteiger partial charge is 0.425 e. The van der Waals surface area contributed by atoms with Crippen LogP contribution in [0.4, 0.5) is 4.39 Å². The van der Waals surface area contributed by atoms with Gasteiger partial charge in [-0.3, -0.25) is 0 Å². The van der Waals surface area contributed by atoms with E-state index < -0.39 is 0 Å². The first-order valence-corrected chi connectivity index (χ1v) is 5.03. The summed E-state index contributed by atoms with van der Waals surface area (Å²) in [6, 6.07) is 6.32. The van der Waals surface area contributed by atoms with Crippen molar-refractivity contribution in [2.24, 2.45) is 5.73 Å². The van der Waals surface area contributed by atoms with Crippen molar-refractivity contribution < 1.29 is 8.81 Å². The number of hydrogen-bond donors (Lipinski definition) is 1. The molecule has 84 valence electrons. The van der Waals surface area contributed by atoms with Crippen molar-refractivity contribution in [2.75, 3.05) is 6.54 Å². The van der Waals surface area contributed by atoms with Crippen LogP contribution in [0.15, 0.2) is 28.7 Å². The second-order valence-electron chi connectivity index (χ2n) is 3.43. The molecule has 0 aliphatic carbocycles. The van der Waals surface area contributed by atoms with Gasteiger partial charge in [0.25, 0.3) is 0 Å². The molecule has 0 saturated carbocycles. The standard InChI is InChI=1S/C11H12FN3O/c12-9-3-1-2-8(6-9)7-11-15-14-10(16-11)4-5-13/h1-3,6H,4-5,7,13H2. The first kappa shape index (κ1) is 10.8. The molecule has 0 atom stereocenters. The smallest absolute Gasteiger partial charge is 0.220 e. The van der Waals surface area contributed by atoms with E-state index in [0.29, 0.717) is 31.2 Å². The van der Waals surface area contributed by atoms with Gasteiger partial charge in [-0.25, -0.2) is 4.39 Å². The predicted molar refractivity (Wildman–Crippen MR) is 56.3 cm³/mol. The molecule has 0 bridgehead atoms. The van der Waals surface area contributed by atoms with E-state index in [4.69, 9.17) is 10.2 Å². The van der Waals surface area contributed by atoms with Gasteiger partial charge in [0.15, 0.2) is 0 Å². The number of nitrogens with two attached hydrogens (primary N) is 1. The molecular formula is C11H12FN3O. The average molecular weight is 221 g/mol. The van der Waals surface area contributed by atoms with E-state index in [0.717, 1.165) is 5.56 Å². The molecule has 0 aliphatic heterocycles. The van der Waals surface area contributed by atoms with E-state index in [-0.39, 0.29) is 5.82 Å². The molecule has 0 unspecified atom stereocenters. The maximum absolute atomic E-state index is 12.9. The Morgan fingerprint density at radius 1 is 1.25 bits per heavy atom. The van der Waals surface area contributed by atoms with Crippen molar-refractivity contribution in [1.82, 2.24) is 10.2 Å². The van der Waals surface area contributed by atoms with Crippen molar-refractivity contribution >= 4 is 0 Å². The molecule has 4 nitrogen and oxygen atoms in total. The number of rotatable bonds is 4. The third kappa shape index (κ3) is 2.64. The van der Waals surface area contributed by atoms with Crippen LogP contribution in [0.25, 0.3) is 0 Å². The van der Waals surface area contributed by atoms with Crippen molar-refractivity contribution in [3.05, 3.63) is 47.4 Å². The summed E-state index contributed by atoms with van der Waals surface area (Å²) in [5.41, 5.74) is 6.17. The minimum Gasteiger partial charge on any atom is -0.425 e. The van der Waals surface area contributed by atoms with E-state index >= 15 is 0 Å². The fourth-order valence-corrected chi connectivity index (χ4v) is 1.41. The Morgan fingerprint density at radius 3 is 2.81 bits per heavy atom. The van der Waals surface area contributed by atoms with Crippen LogP contribution in [0.3, 0.4) is 0 Å². The Morgan fingerprint density at radius 2 is 2.06 bits per heavy atom. The molecule has 0 amide bonds. The summed E-state index contributed by atoms with van der Waals surface area (Å²) in [7, 11) is 0. The molecule has 1 heterocycles. The highest BCUT2D eigenvalue weighted by Gasteiger charge is 2.06. The molecule has 0 radical (unpaired) electrons. The fraction of sp³-hybridized carbons (Fsp3) is 0.273. The number of nitrogens with zero attached hydrogens (tertiary/aromatic N) is 2. The van der Waals surface area contributed by atoms with Crippen molar-refractivity contribution in [1.29, 1.82) is 0 Å². The summed E-state index contributed by atoms with van der Waals surface area (Å²) in [5, 5.41) is 7.70. The molecule has 2 N–H and O–H groups in total. The maximum atomic E-state index is 12.9. The summed E-state index contributed by atoms with van der Waals surface area (Å²) in [4.78, 5) is 0. The summed E-state index contributed by atoms with van der Waals surface area (Å²) in [6.45, 7) is 0.474. The van der Waals surface area contributed by atoms with Gasteiger partial charge in [-0.15, -0.1) is 10.2 Å². The van der Waals surface area contributed by atoms with E-state index in [1.165, 1.54) is 12.1 Å². The van der Waals surface area contributed by atoms with Crippen LogP contribution in [0, 0.1) is 5.82 Å². The van der Waals surface area contributed by atoms with E-state index in [9.17, 15) is 4.39 Å². The topological polar surface area (TPSA) is 64.9 Å². The Bertz CT molecular complexity index is 470. The van der Waals surface area contributed by atoms with Gasteiger partial charge in [0, 0.05) is 13.0 Å². The molecule has 2 rings (SSSR count). The first-order chi connectivity index (χ1) is 7.78. The van der Waals surface area contributed by atoms with Crippen LogP contribution in [0.2, 0.25) is 0 Å². The third-order valence-corrected chi connectivity index (χ3v) is 2.11. The predicted octanol–water partition coefficient (Wildman–Crippen LogP) is 1.30. The summed E-state index contributed by atoms with van der Waals surface area (Å²) >= 11 is 0. The summed E-state index contributed by atoms with van der Waals surface area (Å²) < 4.78 is 18.3. The molecule has 2 aromatic rings. The van der Waals surface area contributed by atoms with Gasteiger partial charge >= 0.3 is 0 Å². The van der Waals surface area contributed by atoms with E-state index in [1.54, 1.807) is 6.07 Å². The average Bonchev–Trinajstić information content (AvgIpc) is 2.66. The lowest BCUT2D eigenvalue weighted by Crippen LogP contribution is -2.02. The number of aromatic nitrogens is 2. The van der Waals surface area contributed by atoms with Gasteiger partial charge in [0.2, 0.25) is 11.8 Å². The molecule has 5 heteroatoms. The molecule has 16 heavy (non-hydrogen) atoms. The van der Waals surface area contributed by atoms with Crippen LogP contribution >= 0.6 is 0 Å². The van der Waals surface area contributed by atoms with Gasteiger partial charge in [0.1, 0.15) is 5.82 Å². The third-order valence-electron chi connectivity index (χ3n) is 2.11. The maximum Gasteiger partial charge on any atom is 0.220 e. The van der Waals surface area contributed by atoms with Crippen LogP contribution in [-0.2, 0) is 12.8 Å².